The number of aromatic nitrogens is 2. The average molecular weight is 713 g/mol. The zero-order valence-corrected chi connectivity index (χ0v) is 29.7. The first kappa shape index (κ1) is 38.3. The monoisotopic (exact) mass is 712 g/mol. The van der Waals surface area contributed by atoms with Crippen molar-refractivity contribution >= 4 is 44.5 Å². The number of nitrogens with one attached hydrogen (secondary N) is 4. The summed E-state index contributed by atoms with van der Waals surface area (Å²) in [7, 11) is -3.10. The summed E-state index contributed by atoms with van der Waals surface area (Å²) in [5.74, 6) is 0.0453. The maximum absolute atomic E-state index is 13.5. The number of benzene rings is 2. The maximum atomic E-state index is 13.5. The number of ether oxygens (including phenoxy) is 2. The molecule has 0 fully saturated rings. The summed E-state index contributed by atoms with van der Waals surface area (Å²) in [5.41, 5.74) is 7.39. The molecule has 0 bridgehead atoms. The van der Waals surface area contributed by atoms with Crippen LogP contribution in [-0.2, 0) is 30.9 Å². The molecular formula is C34H48N8O7S. The van der Waals surface area contributed by atoms with Crippen LogP contribution in [0.5, 0.6) is 5.75 Å². The number of aliphatic imine (C=N–C) groups is 1. The van der Waals surface area contributed by atoms with Crippen LogP contribution in [0.4, 0.5) is 0 Å². The smallest absolute Gasteiger partial charge is 0.325 e. The number of esters is 1. The van der Waals surface area contributed by atoms with Crippen LogP contribution < -0.4 is 31.1 Å². The van der Waals surface area contributed by atoms with Gasteiger partial charge in [-0.2, -0.15) is 9.82 Å². The Hall–Kier alpha value is -4.54. The van der Waals surface area contributed by atoms with Gasteiger partial charge >= 0.3 is 5.97 Å². The fraction of sp³-hybridized carbons (Fsp3) is 0.500. The van der Waals surface area contributed by atoms with Gasteiger partial charge in [-0.1, -0.05) is 0 Å². The molecule has 2 amide bonds. The lowest BCUT2D eigenvalue weighted by Gasteiger charge is -2.20. The molecule has 15 nitrogen and oxygen atoms in total. The Bertz CT molecular complexity index is 1770. The van der Waals surface area contributed by atoms with E-state index in [0.29, 0.717) is 48.5 Å². The van der Waals surface area contributed by atoms with Crippen LogP contribution in [0, 0.1) is 13.8 Å². The fourth-order valence-electron chi connectivity index (χ4n) is 5.71. The number of sulfonamides is 1. The van der Waals surface area contributed by atoms with Gasteiger partial charge in [-0.3, -0.25) is 24.1 Å². The number of methoxy groups -OCH3 is 1. The van der Waals surface area contributed by atoms with Crippen molar-refractivity contribution in [1.29, 1.82) is 0 Å². The lowest BCUT2D eigenvalue weighted by atomic mass is 10.1. The Morgan fingerprint density at radius 3 is 2.52 bits per heavy atom. The van der Waals surface area contributed by atoms with Crippen molar-refractivity contribution in [3.63, 3.8) is 0 Å². The zero-order chi connectivity index (χ0) is 36.1. The van der Waals surface area contributed by atoms with Crippen LogP contribution in [0.1, 0.15) is 60.0 Å². The van der Waals surface area contributed by atoms with Crippen LogP contribution >= 0.6 is 0 Å². The van der Waals surface area contributed by atoms with E-state index in [1.54, 1.807) is 44.3 Å². The Labute approximate surface area is 292 Å². The van der Waals surface area contributed by atoms with E-state index >= 15 is 0 Å². The highest BCUT2D eigenvalue weighted by Crippen LogP contribution is 2.26. The summed E-state index contributed by atoms with van der Waals surface area (Å²) >= 11 is 0. The third-order valence-electron chi connectivity index (χ3n) is 8.14. The van der Waals surface area contributed by atoms with Gasteiger partial charge in [0.2, 0.25) is 15.9 Å². The molecule has 0 spiro atoms. The SMILES string of the molecule is COC(=O)[C@H](CNC(=O)c1ccc2c(cnn2CCCNC2=NCCCC2)c1)NS(=O)(=O)c1c(C)cc(OCCCC(=O)NCCN)cc1C. The molecule has 6 N–H and O–H groups in total. The lowest BCUT2D eigenvalue weighted by molar-refractivity contribution is -0.142. The Morgan fingerprint density at radius 2 is 1.82 bits per heavy atom. The number of amidine groups is 1. The topological polar surface area (TPSA) is 208 Å². The standard InChI is InChI=1S/C34H48N8O7S/c1-23-18-27(49-17-6-9-31(43)38-15-12-35)19-24(2)32(23)50(46,47)41-28(34(45)48-3)22-39-33(44)25-10-11-29-26(20-25)21-40-42(29)16-7-14-37-30-8-4-5-13-36-30/h10-11,18-21,28,41H,4-9,12-17,22,35H2,1-3H3,(H,36,37)(H,38,43)(H,39,44)/t28-/m0/s1. The molecular weight excluding hydrogens is 664 g/mol. The molecule has 0 aliphatic carbocycles. The third kappa shape index (κ3) is 10.7. The average Bonchev–Trinajstić information content (AvgIpc) is 3.51. The first-order valence-electron chi connectivity index (χ1n) is 16.8. The van der Waals surface area contributed by atoms with Gasteiger partial charge in [0.25, 0.3) is 5.91 Å². The fourth-order valence-corrected chi connectivity index (χ4v) is 7.35. The Kier molecular flexibility index (Phi) is 14.1. The van der Waals surface area contributed by atoms with Crippen molar-refractivity contribution in [3.05, 3.63) is 53.2 Å². The quantitative estimate of drug-likeness (QED) is 0.0953. The predicted molar refractivity (Wildman–Crippen MR) is 190 cm³/mol. The van der Waals surface area contributed by atoms with Crippen molar-refractivity contribution in [2.45, 2.75) is 69.9 Å². The van der Waals surface area contributed by atoms with E-state index in [0.717, 1.165) is 62.6 Å². The van der Waals surface area contributed by atoms with Crippen molar-refractivity contribution in [2.24, 2.45) is 10.7 Å². The Balaban J connectivity index is 1.33. The number of nitrogens with two attached hydrogens (primary N) is 1. The van der Waals surface area contributed by atoms with Crippen LogP contribution in [-0.4, -0.2) is 94.3 Å². The Morgan fingerprint density at radius 1 is 1.04 bits per heavy atom. The maximum Gasteiger partial charge on any atom is 0.325 e. The molecule has 0 saturated heterocycles. The second-order valence-corrected chi connectivity index (χ2v) is 13.7. The molecule has 272 valence electrons. The van der Waals surface area contributed by atoms with Crippen molar-refractivity contribution in [2.75, 3.05) is 46.4 Å². The molecule has 1 aliphatic rings. The molecule has 2 heterocycles. The van der Waals surface area contributed by atoms with Gasteiger partial charge in [-0.25, -0.2) is 8.42 Å². The number of carbonyl (C=O) groups excluding carboxylic acids is 3. The van der Waals surface area contributed by atoms with Crippen LogP contribution in [0.25, 0.3) is 10.9 Å². The summed E-state index contributed by atoms with van der Waals surface area (Å²) in [4.78, 5) is 42.0. The third-order valence-corrected chi connectivity index (χ3v) is 9.92. The number of aryl methyl sites for hydroxylation is 3. The summed E-state index contributed by atoms with van der Waals surface area (Å²) in [6, 6.07) is 6.94. The second-order valence-electron chi connectivity index (χ2n) is 12.1. The molecule has 16 heteroatoms. The molecule has 1 aliphatic heterocycles. The predicted octanol–water partition coefficient (Wildman–Crippen LogP) is 1.70. The van der Waals surface area contributed by atoms with Gasteiger partial charge in [0.1, 0.15) is 11.8 Å². The summed E-state index contributed by atoms with van der Waals surface area (Å²) in [5, 5.41) is 14.0. The van der Waals surface area contributed by atoms with Gasteiger partial charge in [-0.05, 0) is 81.0 Å². The van der Waals surface area contributed by atoms with Crippen LogP contribution in [0.3, 0.4) is 0 Å². The zero-order valence-electron chi connectivity index (χ0n) is 28.9. The normalized spacial score (nSPS) is 13.7. The highest BCUT2D eigenvalue weighted by Gasteiger charge is 2.29. The number of hydrogen-bond donors (Lipinski definition) is 5. The van der Waals surface area contributed by atoms with Crippen molar-refractivity contribution < 1.29 is 32.3 Å². The molecule has 2 aromatic carbocycles. The van der Waals surface area contributed by atoms with E-state index in [2.05, 4.69) is 30.8 Å². The first-order valence-corrected chi connectivity index (χ1v) is 18.3. The molecule has 50 heavy (non-hydrogen) atoms. The van der Waals surface area contributed by atoms with E-state index in [1.165, 1.54) is 0 Å². The largest absolute Gasteiger partial charge is 0.494 e. The number of carbonyl (C=O) groups is 3. The van der Waals surface area contributed by atoms with E-state index in [4.69, 9.17) is 15.2 Å². The number of nitrogens with zero attached hydrogens (tertiary/aromatic N) is 3. The molecule has 4 rings (SSSR count). The van der Waals surface area contributed by atoms with E-state index < -0.39 is 27.9 Å². The number of hydrogen-bond acceptors (Lipinski definition) is 11. The van der Waals surface area contributed by atoms with Gasteiger partial charge in [0.15, 0.2) is 0 Å². The molecule has 1 aromatic heterocycles. The van der Waals surface area contributed by atoms with Crippen LogP contribution in [0.2, 0.25) is 0 Å². The molecule has 3 aromatic rings. The number of fused-ring (bicyclic) bond motifs is 1. The summed E-state index contributed by atoms with van der Waals surface area (Å²) in [6.07, 6.45) is 6.59. The number of amides is 2. The van der Waals surface area contributed by atoms with Gasteiger partial charge in [0.05, 0.1) is 36.2 Å². The van der Waals surface area contributed by atoms with E-state index in [9.17, 15) is 22.8 Å². The second kappa shape index (κ2) is 18.5. The highest BCUT2D eigenvalue weighted by molar-refractivity contribution is 7.89. The van der Waals surface area contributed by atoms with Crippen molar-refractivity contribution in [3.8, 4) is 5.75 Å². The first-order chi connectivity index (χ1) is 24.0. The molecule has 0 saturated carbocycles. The number of rotatable bonds is 18. The van der Waals surface area contributed by atoms with Gasteiger partial charge in [-0.15, -0.1) is 0 Å². The van der Waals surface area contributed by atoms with E-state index in [-0.39, 0.29) is 30.4 Å². The minimum Gasteiger partial charge on any atom is -0.494 e. The van der Waals surface area contributed by atoms with E-state index in [1.807, 2.05) is 10.7 Å². The lowest BCUT2D eigenvalue weighted by Crippen LogP contribution is -2.49. The van der Waals surface area contributed by atoms with Crippen molar-refractivity contribution in [1.82, 2.24) is 30.5 Å². The summed E-state index contributed by atoms with van der Waals surface area (Å²) < 4.78 is 41.9. The van der Waals surface area contributed by atoms with Gasteiger partial charge < -0.3 is 31.2 Å². The minimum atomic E-state index is -4.24. The minimum absolute atomic E-state index is 0.0211. The molecule has 0 radical (unpaired) electrons. The van der Waals surface area contributed by atoms with Gasteiger partial charge in [0, 0.05) is 63.1 Å². The molecule has 1 atom stereocenters. The molecule has 0 unspecified atom stereocenters. The highest BCUT2D eigenvalue weighted by atomic mass is 32.2. The van der Waals surface area contributed by atoms with Crippen LogP contribution in [0.15, 0.2) is 46.4 Å². The summed E-state index contributed by atoms with van der Waals surface area (Å²) in [6.45, 7) is 6.28.